The molecule has 1 amide bonds. The average molecular weight is 420 g/mol. The van der Waals surface area contributed by atoms with Crippen LogP contribution in [0.25, 0.3) is 0 Å². The predicted octanol–water partition coefficient (Wildman–Crippen LogP) is 3.40. The van der Waals surface area contributed by atoms with E-state index in [0.29, 0.717) is 35.4 Å². The first-order chi connectivity index (χ1) is 14.1. The highest BCUT2D eigenvalue weighted by Gasteiger charge is 2.20. The number of halogens is 2. The van der Waals surface area contributed by atoms with Crippen LogP contribution in [0.3, 0.4) is 0 Å². The molecular weight excluding hydrogens is 397 g/mol. The Hall–Kier alpha value is -2.51. The van der Waals surface area contributed by atoms with Gasteiger partial charge in [-0.2, -0.15) is 0 Å². The van der Waals surface area contributed by atoms with Crippen molar-refractivity contribution < 1.29 is 18.7 Å². The molecule has 1 fully saturated rings. The van der Waals surface area contributed by atoms with Gasteiger partial charge in [-0.15, -0.1) is 0 Å². The largest absolute Gasteiger partial charge is 0.486 e. The van der Waals surface area contributed by atoms with Crippen molar-refractivity contribution in [3.8, 4) is 11.5 Å². The second-order valence-corrected chi connectivity index (χ2v) is 7.52. The third-order valence-corrected chi connectivity index (χ3v) is 5.37. The first kappa shape index (κ1) is 19.8. The molecule has 0 aromatic heterocycles. The third-order valence-electron chi connectivity index (χ3n) is 5.05. The summed E-state index contributed by atoms with van der Waals surface area (Å²) >= 11 is 6.27. The van der Waals surface area contributed by atoms with Gasteiger partial charge in [0.05, 0.1) is 17.3 Å². The van der Waals surface area contributed by atoms with Crippen LogP contribution in [0.2, 0.25) is 5.02 Å². The van der Waals surface area contributed by atoms with Gasteiger partial charge in [0.15, 0.2) is 11.5 Å². The third kappa shape index (κ3) is 4.92. The highest BCUT2D eigenvalue weighted by atomic mass is 35.5. The Morgan fingerprint density at radius 1 is 1.03 bits per heavy atom. The van der Waals surface area contributed by atoms with Crippen LogP contribution >= 0.6 is 11.6 Å². The van der Waals surface area contributed by atoms with Gasteiger partial charge in [-0.05, 0) is 30.7 Å². The molecule has 2 aromatic carbocycles. The summed E-state index contributed by atoms with van der Waals surface area (Å²) in [6, 6.07) is 9.90. The maximum atomic E-state index is 13.1. The number of carbonyl (C=O) groups excluding carboxylic acids is 1. The molecular formula is C21H23ClFN3O3. The molecule has 6 nitrogen and oxygen atoms in total. The fourth-order valence-electron chi connectivity index (χ4n) is 3.59. The minimum Gasteiger partial charge on any atom is -0.486 e. The van der Waals surface area contributed by atoms with E-state index in [1.807, 2.05) is 0 Å². The van der Waals surface area contributed by atoms with Crippen LogP contribution in [0.15, 0.2) is 36.4 Å². The highest BCUT2D eigenvalue weighted by molar-refractivity contribution is 6.34. The molecule has 2 aromatic rings. The molecule has 2 aliphatic rings. The maximum absolute atomic E-state index is 13.1. The van der Waals surface area contributed by atoms with Crippen molar-refractivity contribution in [1.29, 1.82) is 0 Å². The molecule has 2 heterocycles. The zero-order valence-corrected chi connectivity index (χ0v) is 16.8. The lowest BCUT2D eigenvalue weighted by Crippen LogP contribution is -2.36. The van der Waals surface area contributed by atoms with E-state index < -0.39 is 0 Å². The lowest BCUT2D eigenvalue weighted by atomic mass is 10.2. The number of hydrogen-bond acceptors (Lipinski definition) is 5. The first-order valence-corrected chi connectivity index (χ1v) is 10.1. The van der Waals surface area contributed by atoms with Crippen molar-refractivity contribution in [1.82, 2.24) is 4.90 Å². The Kier molecular flexibility index (Phi) is 6.06. The maximum Gasteiger partial charge on any atom is 0.238 e. The molecule has 0 unspecified atom stereocenters. The van der Waals surface area contributed by atoms with E-state index in [0.717, 1.165) is 38.3 Å². The summed E-state index contributed by atoms with van der Waals surface area (Å²) in [5, 5.41) is 3.29. The lowest BCUT2D eigenvalue weighted by molar-refractivity contribution is -0.117. The van der Waals surface area contributed by atoms with E-state index in [2.05, 4.69) is 15.1 Å². The van der Waals surface area contributed by atoms with E-state index in [1.54, 1.807) is 24.3 Å². The fourth-order valence-corrected chi connectivity index (χ4v) is 3.79. The van der Waals surface area contributed by atoms with Gasteiger partial charge in [0.2, 0.25) is 5.91 Å². The van der Waals surface area contributed by atoms with Gasteiger partial charge in [0, 0.05) is 44.0 Å². The van der Waals surface area contributed by atoms with Crippen LogP contribution in [0.4, 0.5) is 15.8 Å². The molecule has 0 saturated carbocycles. The predicted molar refractivity (Wildman–Crippen MR) is 111 cm³/mol. The van der Waals surface area contributed by atoms with Gasteiger partial charge < -0.3 is 19.7 Å². The molecule has 154 valence electrons. The molecule has 1 saturated heterocycles. The summed E-state index contributed by atoms with van der Waals surface area (Å²) in [6.45, 7) is 4.46. The van der Waals surface area contributed by atoms with E-state index in [4.69, 9.17) is 21.1 Å². The number of benzene rings is 2. The quantitative estimate of drug-likeness (QED) is 0.823. The number of hydrogen-bond donors (Lipinski definition) is 1. The normalized spacial score (nSPS) is 17.0. The Morgan fingerprint density at radius 3 is 2.52 bits per heavy atom. The van der Waals surface area contributed by atoms with Gasteiger partial charge in [0.25, 0.3) is 0 Å². The molecule has 1 N–H and O–H groups in total. The van der Waals surface area contributed by atoms with Gasteiger partial charge in [-0.25, -0.2) is 4.39 Å². The Balaban J connectivity index is 1.33. The van der Waals surface area contributed by atoms with Gasteiger partial charge in [-0.1, -0.05) is 11.6 Å². The molecule has 4 rings (SSSR count). The zero-order valence-electron chi connectivity index (χ0n) is 16.0. The van der Waals surface area contributed by atoms with Gasteiger partial charge >= 0.3 is 0 Å². The number of anilines is 2. The van der Waals surface area contributed by atoms with E-state index in [-0.39, 0.29) is 18.3 Å². The molecule has 29 heavy (non-hydrogen) atoms. The molecule has 2 aliphatic heterocycles. The summed E-state index contributed by atoms with van der Waals surface area (Å²) in [5.74, 6) is 0.812. The van der Waals surface area contributed by atoms with Crippen LogP contribution < -0.4 is 19.7 Å². The molecule has 0 spiro atoms. The van der Waals surface area contributed by atoms with Crippen LogP contribution in [0, 0.1) is 5.82 Å². The minimum atomic E-state index is -0.236. The van der Waals surface area contributed by atoms with Crippen molar-refractivity contribution in [3.05, 3.63) is 47.2 Å². The number of ether oxygens (including phenoxy) is 2. The summed E-state index contributed by atoms with van der Waals surface area (Å²) in [4.78, 5) is 16.9. The number of nitrogens with zero attached hydrogens (tertiary/aromatic N) is 2. The molecule has 0 aliphatic carbocycles. The van der Waals surface area contributed by atoms with Crippen LogP contribution in [0.5, 0.6) is 11.5 Å². The second-order valence-electron chi connectivity index (χ2n) is 7.12. The number of rotatable bonds is 4. The molecule has 0 bridgehead atoms. The number of fused-ring (bicyclic) bond motifs is 1. The first-order valence-electron chi connectivity index (χ1n) is 9.70. The average Bonchev–Trinajstić information content (AvgIpc) is 2.95. The van der Waals surface area contributed by atoms with Crippen molar-refractivity contribution in [2.24, 2.45) is 0 Å². The second kappa shape index (κ2) is 8.88. The smallest absolute Gasteiger partial charge is 0.238 e. The zero-order chi connectivity index (χ0) is 20.2. The van der Waals surface area contributed by atoms with Crippen LogP contribution in [0.1, 0.15) is 6.42 Å². The van der Waals surface area contributed by atoms with Crippen molar-refractivity contribution in [2.75, 3.05) is 56.2 Å². The van der Waals surface area contributed by atoms with Crippen molar-refractivity contribution >= 4 is 28.9 Å². The number of nitrogens with one attached hydrogen (secondary N) is 1. The Bertz CT molecular complexity index is 878. The van der Waals surface area contributed by atoms with Gasteiger partial charge in [-0.3, -0.25) is 9.69 Å². The summed E-state index contributed by atoms with van der Waals surface area (Å²) in [5.41, 5.74) is 1.52. The number of amides is 1. The van der Waals surface area contributed by atoms with Crippen LogP contribution in [-0.4, -0.2) is 56.7 Å². The number of carbonyl (C=O) groups is 1. The van der Waals surface area contributed by atoms with E-state index in [9.17, 15) is 9.18 Å². The van der Waals surface area contributed by atoms with Crippen molar-refractivity contribution in [3.63, 3.8) is 0 Å². The molecule has 8 heteroatoms. The fraction of sp³-hybridized carbons (Fsp3) is 0.381. The topological polar surface area (TPSA) is 54.0 Å². The Labute approximate surface area is 174 Å². The Morgan fingerprint density at radius 2 is 1.76 bits per heavy atom. The highest BCUT2D eigenvalue weighted by Crippen LogP contribution is 2.37. The SMILES string of the molecule is O=C(CN1CCCN(c2ccc(F)cc2)CC1)Nc1cc2c(cc1Cl)OCCO2. The summed E-state index contributed by atoms with van der Waals surface area (Å²) in [7, 11) is 0. The van der Waals surface area contributed by atoms with Crippen LogP contribution in [-0.2, 0) is 4.79 Å². The van der Waals surface area contributed by atoms with Crippen molar-refractivity contribution in [2.45, 2.75) is 6.42 Å². The molecule has 0 radical (unpaired) electrons. The standard InChI is InChI=1S/C21H23ClFN3O3/c22-17-12-19-20(29-11-10-28-19)13-18(17)24-21(27)14-25-6-1-7-26(9-8-25)16-4-2-15(23)3-5-16/h2-5,12-13H,1,6-11,14H2,(H,24,27). The van der Waals surface area contributed by atoms with E-state index in [1.165, 1.54) is 12.1 Å². The van der Waals surface area contributed by atoms with E-state index >= 15 is 0 Å². The summed E-state index contributed by atoms with van der Waals surface area (Å²) in [6.07, 6.45) is 0.926. The lowest BCUT2D eigenvalue weighted by Gasteiger charge is -2.23. The monoisotopic (exact) mass is 419 g/mol. The van der Waals surface area contributed by atoms with Gasteiger partial charge in [0.1, 0.15) is 19.0 Å². The minimum absolute atomic E-state index is 0.126. The molecule has 0 atom stereocenters. The summed E-state index contributed by atoms with van der Waals surface area (Å²) < 4.78 is 24.2.